The Morgan fingerprint density at radius 1 is 1.52 bits per heavy atom. The number of carbonyl (C=O) groups excluding carboxylic acids is 1. The van der Waals surface area contributed by atoms with Crippen molar-refractivity contribution >= 4 is 39.1 Å². The molecule has 0 aromatic carbocycles. The Morgan fingerprint density at radius 3 is 3.24 bits per heavy atom. The Hall–Kier alpha value is -2.41. The fourth-order valence-electron chi connectivity index (χ4n) is 1.78. The van der Waals surface area contributed by atoms with Crippen molar-refractivity contribution in [2.75, 3.05) is 0 Å². The zero-order chi connectivity index (χ0) is 14.7. The van der Waals surface area contributed by atoms with Crippen LogP contribution in [0.4, 0.5) is 0 Å². The highest BCUT2D eigenvalue weighted by molar-refractivity contribution is 9.10. The maximum atomic E-state index is 11.7. The van der Waals surface area contributed by atoms with E-state index in [-0.39, 0.29) is 5.91 Å². The van der Waals surface area contributed by atoms with Crippen LogP contribution in [0.1, 0.15) is 11.6 Å². The van der Waals surface area contributed by atoms with E-state index in [1.165, 1.54) is 6.08 Å². The minimum Gasteiger partial charge on any atom is -0.465 e. The molecular weight excluding hydrogens is 336 g/mol. The van der Waals surface area contributed by atoms with E-state index in [2.05, 4.69) is 36.2 Å². The van der Waals surface area contributed by atoms with Gasteiger partial charge >= 0.3 is 0 Å². The third-order valence-corrected chi connectivity index (χ3v) is 3.16. The van der Waals surface area contributed by atoms with Crippen molar-refractivity contribution in [1.29, 1.82) is 0 Å². The fourth-order valence-corrected chi connectivity index (χ4v) is 2.11. The number of H-pyrrole nitrogens is 1. The zero-order valence-corrected chi connectivity index (χ0v) is 12.4. The molecule has 0 radical (unpaired) electrons. The number of imidazole rings is 1. The van der Waals surface area contributed by atoms with Crippen molar-refractivity contribution in [3.63, 3.8) is 0 Å². The summed E-state index contributed by atoms with van der Waals surface area (Å²) in [5, 5.41) is 2.74. The summed E-state index contributed by atoms with van der Waals surface area (Å²) in [5.41, 5.74) is 1.44. The Morgan fingerprint density at radius 2 is 2.43 bits per heavy atom. The predicted molar refractivity (Wildman–Crippen MR) is 81.2 cm³/mol. The molecule has 6 nitrogen and oxygen atoms in total. The average Bonchev–Trinajstić information content (AvgIpc) is 3.11. The largest absolute Gasteiger partial charge is 0.465 e. The summed E-state index contributed by atoms with van der Waals surface area (Å²) >= 11 is 3.35. The Kier molecular flexibility index (Phi) is 3.83. The van der Waals surface area contributed by atoms with Crippen LogP contribution in [0.3, 0.4) is 0 Å². The minimum atomic E-state index is -0.221. The molecule has 0 unspecified atom stereocenters. The maximum absolute atomic E-state index is 11.7. The smallest absolute Gasteiger partial charge is 0.244 e. The molecule has 2 N–H and O–H groups in total. The van der Waals surface area contributed by atoms with E-state index in [9.17, 15) is 4.79 Å². The number of nitrogens with one attached hydrogen (secondary N) is 2. The predicted octanol–water partition coefficient (Wildman–Crippen LogP) is 2.64. The molecule has 0 spiro atoms. The lowest BCUT2D eigenvalue weighted by Crippen LogP contribution is -2.20. The summed E-state index contributed by atoms with van der Waals surface area (Å²) in [4.78, 5) is 23.2. The molecular formula is C14H11BrN4O2. The highest BCUT2D eigenvalue weighted by Gasteiger charge is 2.05. The Balaban J connectivity index is 1.62. The number of hydrogen-bond acceptors (Lipinski definition) is 4. The summed E-state index contributed by atoms with van der Waals surface area (Å²) in [5.74, 6) is 1.05. The van der Waals surface area contributed by atoms with Gasteiger partial charge in [-0.15, -0.1) is 0 Å². The molecule has 3 aromatic heterocycles. The van der Waals surface area contributed by atoms with Crippen LogP contribution in [0.15, 0.2) is 45.6 Å². The number of rotatable bonds is 4. The van der Waals surface area contributed by atoms with Gasteiger partial charge in [0.15, 0.2) is 5.65 Å². The average molecular weight is 347 g/mol. The highest BCUT2D eigenvalue weighted by Crippen LogP contribution is 2.14. The molecule has 3 rings (SSSR count). The van der Waals surface area contributed by atoms with Crippen LogP contribution in [0, 0.1) is 0 Å². The van der Waals surface area contributed by atoms with Crippen LogP contribution in [0.5, 0.6) is 0 Å². The van der Waals surface area contributed by atoms with Gasteiger partial charge in [-0.25, -0.2) is 9.97 Å². The third-order valence-electron chi connectivity index (χ3n) is 2.73. The van der Waals surface area contributed by atoms with Crippen LogP contribution < -0.4 is 5.32 Å². The van der Waals surface area contributed by atoms with Crippen molar-refractivity contribution in [1.82, 2.24) is 20.3 Å². The fraction of sp³-hybridized carbons (Fsp3) is 0.0714. The number of aromatic nitrogens is 3. The van der Waals surface area contributed by atoms with E-state index < -0.39 is 0 Å². The first kappa shape index (κ1) is 13.6. The van der Waals surface area contributed by atoms with Gasteiger partial charge in [-0.2, -0.15) is 0 Å². The number of halogens is 1. The second-order valence-corrected chi connectivity index (χ2v) is 5.19. The maximum Gasteiger partial charge on any atom is 0.244 e. The second-order valence-electron chi connectivity index (χ2n) is 4.27. The van der Waals surface area contributed by atoms with Crippen molar-refractivity contribution in [2.24, 2.45) is 0 Å². The molecule has 106 valence electrons. The van der Waals surface area contributed by atoms with E-state index in [0.717, 1.165) is 9.99 Å². The number of nitrogens with zero attached hydrogens (tertiary/aromatic N) is 2. The monoisotopic (exact) mass is 346 g/mol. The first-order valence-corrected chi connectivity index (χ1v) is 6.99. The second kappa shape index (κ2) is 5.92. The molecule has 0 aliphatic heterocycles. The zero-order valence-electron chi connectivity index (χ0n) is 10.8. The number of fused-ring (bicyclic) bond motifs is 1. The number of aromatic amines is 1. The first-order chi connectivity index (χ1) is 10.2. The number of amides is 1. The van der Waals surface area contributed by atoms with Crippen molar-refractivity contribution in [3.8, 4) is 0 Å². The molecule has 0 fully saturated rings. The van der Waals surface area contributed by atoms with Gasteiger partial charge in [0.05, 0.1) is 18.3 Å². The number of furan rings is 1. The van der Waals surface area contributed by atoms with Gasteiger partial charge in [-0.1, -0.05) is 0 Å². The molecule has 0 saturated carbocycles. The van der Waals surface area contributed by atoms with Gasteiger partial charge < -0.3 is 14.7 Å². The molecule has 3 heterocycles. The van der Waals surface area contributed by atoms with Gasteiger partial charge in [-0.3, -0.25) is 4.79 Å². The van der Waals surface area contributed by atoms with Gasteiger partial charge in [0.25, 0.3) is 0 Å². The molecule has 7 heteroatoms. The third kappa shape index (κ3) is 3.38. The van der Waals surface area contributed by atoms with E-state index in [1.54, 1.807) is 30.7 Å². The lowest BCUT2D eigenvalue weighted by Gasteiger charge is -1.97. The minimum absolute atomic E-state index is 0.221. The number of hydrogen-bond donors (Lipinski definition) is 2. The number of pyridine rings is 1. The van der Waals surface area contributed by atoms with Crippen LogP contribution in [-0.4, -0.2) is 20.9 Å². The van der Waals surface area contributed by atoms with Gasteiger partial charge in [0.2, 0.25) is 5.91 Å². The molecule has 1 amide bonds. The van der Waals surface area contributed by atoms with E-state index in [4.69, 9.17) is 4.42 Å². The number of carbonyl (C=O) groups is 1. The standard InChI is InChI=1S/C14H11BrN4O2/c15-9-6-11-14(17-7-9)19-12(18-11)8-16-13(20)4-3-10-2-1-5-21-10/h1-7H,8H2,(H,16,20)(H,17,18,19)/b4-3-. The summed E-state index contributed by atoms with van der Waals surface area (Å²) in [6.07, 6.45) is 6.25. The lowest BCUT2D eigenvalue weighted by atomic mass is 10.4. The van der Waals surface area contributed by atoms with E-state index in [0.29, 0.717) is 23.8 Å². The normalized spacial score (nSPS) is 11.3. The Labute approximate surface area is 128 Å². The SMILES string of the molecule is O=C(/C=C\c1ccco1)NCc1nc2ncc(Br)cc2[nH]1. The van der Waals surface area contributed by atoms with Crippen LogP contribution in [0.2, 0.25) is 0 Å². The van der Waals surface area contributed by atoms with Gasteiger partial charge in [0.1, 0.15) is 11.6 Å². The quantitative estimate of drug-likeness (QED) is 0.711. The van der Waals surface area contributed by atoms with Crippen molar-refractivity contribution in [2.45, 2.75) is 6.54 Å². The van der Waals surface area contributed by atoms with Gasteiger partial charge in [0, 0.05) is 16.7 Å². The molecule has 0 aliphatic carbocycles. The van der Waals surface area contributed by atoms with Gasteiger partial charge in [-0.05, 0) is 40.2 Å². The van der Waals surface area contributed by atoms with Crippen LogP contribution >= 0.6 is 15.9 Å². The van der Waals surface area contributed by atoms with Crippen molar-refractivity contribution in [3.05, 3.63) is 52.8 Å². The van der Waals surface area contributed by atoms with Crippen LogP contribution in [0.25, 0.3) is 17.2 Å². The molecule has 0 atom stereocenters. The van der Waals surface area contributed by atoms with Crippen molar-refractivity contribution < 1.29 is 9.21 Å². The summed E-state index contributed by atoms with van der Waals surface area (Å²) in [6.45, 7) is 0.301. The molecule has 0 bridgehead atoms. The Bertz CT molecular complexity index is 793. The molecule has 0 aliphatic rings. The molecule has 0 saturated heterocycles. The molecule has 3 aromatic rings. The van der Waals surface area contributed by atoms with E-state index in [1.807, 2.05) is 6.07 Å². The summed E-state index contributed by atoms with van der Waals surface area (Å²) in [7, 11) is 0. The topological polar surface area (TPSA) is 83.8 Å². The lowest BCUT2D eigenvalue weighted by molar-refractivity contribution is -0.116. The highest BCUT2D eigenvalue weighted by atomic mass is 79.9. The molecule has 21 heavy (non-hydrogen) atoms. The summed E-state index contributed by atoms with van der Waals surface area (Å²) in [6, 6.07) is 5.42. The first-order valence-electron chi connectivity index (χ1n) is 6.20. The van der Waals surface area contributed by atoms with E-state index >= 15 is 0 Å². The van der Waals surface area contributed by atoms with Crippen LogP contribution in [-0.2, 0) is 11.3 Å². The summed E-state index contributed by atoms with van der Waals surface area (Å²) < 4.78 is 5.97.